The first-order chi connectivity index (χ1) is 7.87. The Morgan fingerprint density at radius 3 is 2.59 bits per heavy atom. The number of hydrogen-bond acceptors (Lipinski definition) is 5. The van der Waals surface area contributed by atoms with Gasteiger partial charge in [-0.1, -0.05) is 5.16 Å². The van der Waals surface area contributed by atoms with Gasteiger partial charge in [0, 0.05) is 19.5 Å². The summed E-state index contributed by atoms with van der Waals surface area (Å²) < 4.78 is 0. The maximum Gasteiger partial charge on any atom is 0.139 e. The maximum atomic E-state index is 9.99. The monoisotopic (exact) mass is 246 g/mol. The van der Waals surface area contributed by atoms with Crippen molar-refractivity contribution in [2.75, 3.05) is 33.7 Å². The van der Waals surface area contributed by atoms with Crippen molar-refractivity contribution in [3.8, 4) is 0 Å². The number of nitrogens with two attached hydrogens (primary N) is 1. The largest absolute Gasteiger partial charge is 0.409 e. The summed E-state index contributed by atoms with van der Waals surface area (Å²) in [6.45, 7) is 3.83. The molecule has 0 fully saturated rings. The van der Waals surface area contributed by atoms with Gasteiger partial charge in [-0.2, -0.15) is 0 Å². The molecular weight excluding hydrogens is 220 g/mol. The number of nitrogens with zero attached hydrogens (tertiary/aromatic N) is 2. The van der Waals surface area contributed by atoms with Crippen LogP contribution in [0.15, 0.2) is 5.16 Å². The van der Waals surface area contributed by atoms with Crippen LogP contribution in [-0.4, -0.2) is 60.4 Å². The molecular formula is C11H26N4O2. The number of aliphatic hydroxyl groups is 1. The summed E-state index contributed by atoms with van der Waals surface area (Å²) in [6, 6.07) is 0. The highest BCUT2D eigenvalue weighted by molar-refractivity contribution is 5.79. The second kappa shape index (κ2) is 8.27. The fourth-order valence-corrected chi connectivity index (χ4v) is 1.70. The van der Waals surface area contributed by atoms with E-state index in [1.807, 2.05) is 25.9 Å². The zero-order chi connectivity index (χ0) is 13.3. The number of unbranched alkanes of at least 4 members (excludes halogenated alkanes) is 1. The number of nitrogens with one attached hydrogen (secondary N) is 1. The molecule has 0 bridgehead atoms. The van der Waals surface area contributed by atoms with Crippen molar-refractivity contribution in [2.45, 2.75) is 31.8 Å². The Kier molecular flexibility index (Phi) is 7.86. The van der Waals surface area contributed by atoms with E-state index < -0.39 is 5.60 Å². The molecule has 0 aromatic carbocycles. The molecule has 102 valence electrons. The van der Waals surface area contributed by atoms with Crippen LogP contribution in [0.3, 0.4) is 0 Å². The molecule has 0 saturated heterocycles. The summed E-state index contributed by atoms with van der Waals surface area (Å²) in [6.07, 6.45) is 2.42. The average Bonchev–Trinajstić information content (AvgIpc) is 2.20. The second-order valence-corrected chi connectivity index (χ2v) is 4.96. The molecule has 0 aliphatic rings. The number of amidine groups is 1. The van der Waals surface area contributed by atoms with E-state index in [1.54, 1.807) is 0 Å². The molecule has 0 saturated carbocycles. The highest BCUT2D eigenvalue weighted by Gasteiger charge is 2.20. The molecule has 5 N–H and O–H groups in total. The summed E-state index contributed by atoms with van der Waals surface area (Å²) >= 11 is 0. The predicted molar refractivity (Wildman–Crippen MR) is 69.3 cm³/mol. The van der Waals surface area contributed by atoms with E-state index in [2.05, 4.69) is 10.5 Å². The zero-order valence-electron chi connectivity index (χ0n) is 11.1. The van der Waals surface area contributed by atoms with E-state index >= 15 is 0 Å². The lowest BCUT2D eigenvalue weighted by Crippen LogP contribution is -2.45. The minimum absolute atomic E-state index is 0.268. The van der Waals surface area contributed by atoms with Crippen LogP contribution in [0.1, 0.15) is 26.2 Å². The Balaban J connectivity index is 3.51. The van der Waals surface area contributed by atoms with E-state index in [9.17, 15) is 5.11 Å². The van der Waals surface area contributed by atoms with Crippen LogP contribution < -0.4 is 11.1 Å². The van der Waals surface area contributed by atoms with Crippen molar-refractivity contribution in [3.05, 3.63) is 0 Å². The van der Waals surface area contributed by atoms with Gasteiger partial charge in [0.15, 0.2) is 0 Å². The lowest BCUT2D eigenvalue weighted by molar-refractivity contribution is 0.0339. The van der Waals surface area contributed by atoms with Crippen molar-refractivity contribution in [2.24, 2.45) is 10.9 Å². The van der Waals surface area contributed by atoms with E-state index in [4.69, 9.17) is 10.9 Å². The van der Waals surface area contributed by atoms with Gasteiger partial charge in [-0.05, 0) is 40.4 Å². The Labute approximate surface area is 103 Å². The SMILES string of the molecule is CN(C)CC(C)(O)CNCCCCC(N)=NO. The number of hydrogen-bond donors (Lipinski definition) is 4. The fraction of sp³-hybridized carbons (Fsp3) is 0.909. The van der Waals surface area contributed by atoms with Crippen LogP contribution in [-0.2, 0) is 0 Å². The van der Waals surface area contributed by atoms with Crippen LogP contribution in [0.25, 0.3) is 0 Å². The van der Waals surface area contributed by atoms with Crippen LogP contribution in [0.4, 0.5) is 0 Å². The molecule has 0 spiro atoms. The molecule has 0 aromatic rings. The molecule has 0 aromatic heterocycles. The molecule has 0 rings (SSSR count). The van der Waals surface area contributed by atoms with Crippen molar-refractivity contribution >= 4 is 5.84 Å². The van der Waals surface area contributed by atoms with Crippen LogP contribution >= 0.6 is 0 Å². The van der Waals surface area contributed by atoms with Crippen LogP contribution in [0, 0.1) is 0 Å². The lowest BCUT2D eigenvalue weighted by atomic mass is 10.1. The summed E-state index contributed by atoms with van der Waals surface area (Å²) in [5.74, 6) is 0.268. The highest BCUT2D eigenvalue weighted by atomic mass is 16.4. The molecule has 0 aliphatic heterocycles. The van der Waals surface area contributed by atoms with Crippen molar-refractivity contribution < 1.29 is 10.3 Å². The van der Waals surface area contributed by atoms with E-state index in [1.165, 1.54) is 0 Å². The Bertz CT molecular complexity index is 230. The Morgan fingerprint density at radius 1 is 1.41 bits per heavy atom. The van der Waals surface area contributed by atoms with E-state index in [0.29, 0.717) is 19.5 Å². The van der Waals surface area contributed by atoms with Gasteiger partial charge < -0.3 is 26.3 Å². The van der Waals surface area contributed by atoms with E-state index in [-0.39, 0.29) is 5.84 Å². The summed E-state index contributed by atoms with van der Waals surface area (Å²) in [5.41, 5.74) is 4.63. The average molecular weight is 246 g/mol. The molecule has 1 atom stereocenters. The van der Waals surface area contributed by atoms with Gasteiger partial charge >= 0.3 is 0 Å². The van der Waals surface area contributed by atoms with Crippen molar-refractivity contribution in [3.63, 3.8) is 0 Å². The third kappa shape index (κ3) is 10.0. The van der Waals surface area contributed by atoms with Gasteiger partial charge in [0.1, 0.15) is 5.84 Å². The van der Waals surface area contributed by atoms with Crippen LogP contribution in [0.2, 0.25) is 0 Å². The van der Waals surface area contributed by atoms with Crippen molar-refractivity contribution in [1.29, 1.82) is 0 Å². The number of oxime groups is 1. The maximum absolute atomic E-state index is 9.99. The second-order valence-electron chi connectivity index (χ2n) is 4.96. The van der Waals surface area contributed by atoms with Gasteiger partial charge in [0.25, 0.3) is 0 Å². The highest BCUT2D eigenvalue weighted by Crippen LogP contribution is 2.02. The van der Waals surface area contributed by atoms with Gasteiger partial charge in [0.2, 0.25) is 0 Å². The lowest BCUT2D eigenvalue weighted by Gasteiger charge is -2.27. The molecule has 0 aliphatic carbocycles. The van der Waals surface area contributed by atoms with Crippen molar-refractivity contribution in [1.82, 2.24) is 10.2 Å². The van der Waals surface area contributed by atoms with Gasteiger partial charge in [-0.25, -0.2) is 0 Å². The quantitative estimate of drug-likeness (QED) is 0.149. The van der Waals surface area contributed by atoms with Gasteiger partial charge in [-0.15, -0.1) is 0 Å². The van der Waals surface area contributed by atoms with Gasteiger partial charge in [0.05, 0.1) is 5.60 Å². The molecule has 0 radical (unpaired) electrons. The third-order valence-corrected chi connectivity index (χ3v) is 2.33. The Hall–Kier alpha value is -0.850. The first-order valence-electron chi connectivity index (χ1n) is 5.91. The standard InChI is InChI=1S/C11H26N4O2/c1-11(16,9-15(2)3)8-13-7-5-4-6-10(12)14-17/h13,16-17H,4-9H2,1-3H3,(H2,12,14). The summed E-state index contributed by atoms with van der Waals surface area (Å²) in [4.78, 5) is 1.96. The van der Waals surface area contributed by atoms with Gasteiger partial charge in [-0.3, -0.25) is 0 Å². The predicted octanol–water partition coefficient (Wildman–Crippen LogP) is -0.195. The molecule has 6 heteroatoms. The molecule has 6 nitrogen and oxygen atoms in total. The number of rotatable bonds is 9. The number of likely N-dealkylation sites (N-methyl/N-ethyl adjacent to an activating group) is 1. The molecule has 1 unspecified atom stereocenters. The topological polar surface area (TPSA) is 94.1 Å². The molecule has 17 heavy (non-hydrogen) atoms. The fourth-order valence-electron chi connectivity index (χ4n) is 1.70. The normalized spacial score (nSPS) is 16.2. The molecule has 0 heterocycles. The third-order valence-electron chi connectivity index (χ3n) is 2.33. The minimum Gasteiger partial charge on any atom is -0.409 e. The van der Waals surface area contributed by atoms with Crippen LogP contribution in [0.5, 0.6) is 0 Å². The first kappa shape index (κ1) is 16.1. The Morgan fingerprint density at radius 2 is 2.06 bits per heavy atom. The molecule has 0 amide bonds. The minimum atomic E-state index is -0.713. The zero-order valence-corrected chi connectivity index (χ0v) is 11.1. The summed E-state index contributed by atoms with van der Waals surface area (Å²) in [7, 11) is 3.87. The smallest absolute Gasteiger partial charge is 0.139 e. The van der Waals surface area contributed by atoms with E-state index in [0.717, 1.165) is 19.4 Å². The first-order valence-corrected chi connectivity index (χ1v) is 5.91. The summed E-state index contributed by atoms with van der Waals surface area (Å²) in [5, 5.41) is 24.4.